The number of carbonyl (C=O) groups is 1. The van der Waals surface area contributed by atoms with Gasteiger partial charge < -0.3 is 15.6 Å². The Morgan fingerprint density at radius 2 is 1.88 bits per heavy atom. The van der Waals surface area contributed by atoms with E-state index in [0.717, 1.165) is 23.9 Å². The molecule has 0 saturated carbocycles. The summed E-state index contributed by atoms with van der Waals surface area (Å²) >= 11 is 0. The zero-order valence-electron chi connectivity index (χ0n) is 14.1. The van der Waals surface area contributed by atoms with Crippen LogP contribution in [0.5, 0.6) is 0 Å². The Morgan fingerprint density at radius 1 is 1.25 bits per heavy atom. The van der Waals surface area contributed by atoms with Gasteiger partial charge in [0.25, 0.3) is 0 Å². The zero-order valence-corrected chi connectivity index (χ0v) is 14.9. The maximum absolute atomic E-state index is 12.4. The number of hydrogen-bond donors (Lipinski definition) is 2. The number of imidazole rings is 1. The van der Waals surface area contributed by atoms with Gasteiger partial charge in [0.1, 0.15) is 0 Å². The summed E-state index contributed by atoms with van der Waals surface area (Å²) in [6, 6.07) is 7.72. The zero-order chi connectivity index (χ0) is 16.6. The average Bonchev–Trinajstić information content (AvgIpc) is 2.89. The number of likely N-dealkylation sites (tertiary alicyclic amines) is 1. The number of benzene rings is 1. The van der Waals surface area contributed by atoms with Crippen molar-refractivity contribution in [2.75, 3.05) is 13.1 Å². The molecule has 3 N–H and O–H groups in total. The van der Waals surface area contributed by atoms with Crippen molar-refractivity contribution in [3.63, 3.8) is 0 Å². The standard InChI is InChI=1S/C17H24N4O2.ClH/c1-11(12(2)18)16(22)20-9-7-13(8-10-20)21-15-6-4-3-5-14(15)19-17(21)23;/h3-6,11-13H,7-10,18H2,1-2H3,(H,19,23);1H. The van der Waals surface area contributed by atoms with Crippen LogP contribution in [0.25, 0.3) is 11.0 Å². The van der Waals surface area contributed by atoms with Crippen molar-refractivity contribution in [2.24, 2.45) is 11.7 Å². The number of rotatable bonds is 3. The van der Waals surface area contributed by atoms with Crippen molar-refractivity contribution in [3.05, 3.63) is 34.7 Å². The van der Waals surface area contributed by atoms with Crippen molar-refractivity contribution in [1.82, 2.24) is 14.5 Å². The SMILES string of the molecule is CC(N)C(C)C(=O)N1CCC(n2c(=O)[nH]c3ccccc32)CC1.Cl. The summed E-state index contributed by atoms with van der Waals surface area (Å²) in [7, 11) is 0. The molecule has 1 saturated heterocycles. The number of amides is 1. The van der Waals surface area contributed by atoms with Crippen LogP contribution < -0.4 is 11.4 Å². The van der Waals surface area contributed by atoms with Gasteiger partial charge in [0.05, 0.1) is 17.0 Å². The molecule has 2 aromatic rings. The molecule has 7 heteroatoms. The second-order valence-electron chi connectivity index (χ2n) is 6.52. The molecule has 1 fully saturated rings. The predicted molar refractivity (Wildman–Crippen MR) is 97.5 cm³/mol. The number of nitrogens with two attached hydrogens (primary N) is 1. The molecule has 6 nitrogen and oxygen atoms in total. The molecule has 2 unspecified atom stereocenters. The van der Waals surface area contributed by atoms with Crippen LogP contribution in [0.1, 0.15) is 32.7 Å². The van der Waals surface area contributed by atoms with E-state index in [4.69, 9.17) is 5.73 Å². The topological polar surface area (TPSA) is 84.1 Å². The third-order valence-electron chi connectivity index (χ3n) is 4.94. The fourth-order valence-corrected chi connectivity index (χ4v) is 3.29. The highest BCUT2D eigenvalue weighted by molar-refractivity contribution is 5.85. The van der Waals surface area contributed by atoms with E-state index < -0.39 is 0 Å². The van der Waals surface area contributed by atoms with Gasteiger partial charge in [-0.2, -0.15) is 0 Å². The molecule has 1 aliphatic rings. The number of aromatic amines is 1. The molecule has 24 heavy (non-hydrogen) atoms. The molecule has 1 aliphatic heterocycles. The van der Waals surface area contributed by atoms with Crippen molar-refractivity contribution in [2.45, 2.75) is 38.8 Å². The first-order valence-corrected chi connectivity index (χ1v) is 8.22. The summed E-state index contributed by atoms with van der Waals surface area (Å²) in [5.74, 6) is -0.0490. The molecular formula is C17H25ClN4O2. The third kappa shape index (κ3) is 3.35. The van der Waals surface area contributed by atoms with Crippen molar-refractivity contribution < 1.29 is 4.79 Å². The van der Waals surface area contributed by atoms with Crippen LogP contribution >= 0.6 is 12.4 Å². The molecule has 0 radical (unpaired) electrons. The van der Waals surface area contributed by atoms with E-state index in [-0.39, 0.29) is 42.0 Å². The maximum Gasteiger partial charge on any atom is 0.326 e. The fraction of sp³-hybridized carbons (Fsp3) is 0.529. The monoisotopic (exact) mass is 352 g/mol. The molecule has 2 heterocycles. The number of hydrogen-bond acceptors (Lipinski definition) is 3. The summed E-state index contributed by atoms with van der Waals surface area (Å²) in [6.07, 6.45) is 1.58. The Kier molecular flexibility index (Phi) is 5.72. The lowest BCUT2D eigenvalue weighted by Gasteiger charge is -2.34. The summed E-state index contributed by atoms with van der Waals surface area (Å²) in [5, 5.41) is 0. The number of fused-ring (bicyclic) bond motifs is 1. The Hall–Kier alpha value is -1.79. The van der Waals surface area contributed by atoms with Crippen LogP contribution in [0.4, 0.5) is 0 Å². The second kappa shape index (κ2) is 7.40. The van der Waals surface area contributed by atoms with Gasteiger partial charge in [-0.1, -0.05) is 19.1 Å². The van der Waals surface area contributed by atoms with Gasteiger partial charge in [-0.15, -0.1) is 12.4 Å². The van der Waals surface area contributed by atoms with Crippen molar-refractivity contribution >= 4 is 29.3 Å². The van der Waals surface area contributed by atoms with Crippen LogP contribution in [0.3, 0.4) is 0 Å². The maximum atomic E-state index is 12.4. The highest BCUT2D eigenvalue weighted by atomic mass is 35.5. The molecule has 1 aromatic heterocycles. The number of nitrogens with one attached hydrogen (secondary N) is 1. The van der Waals surface area contributed by atoms with E-state index in [1.807, 2.05) is 47.6 Å². The van der Waals surface area contributed by atoms with Gasteiger partial charge in [-0.05, 0) is 31.9 Å². The number of aromatic nitrogens is 2. The number of nitrogens with zero attached hydrogens (tertiary/aromatic N) is 2. The minimum atomic E-state index is -0.164. The summed E-state index contributed by atoms with van der Waals surface area (Å²) in [6.45, 7) is 5.09. The van der Waals surface area contributed by atoms with Crippen LogP contribution in [0, 0.1) is 5.92 Å². The van der Waals surface area contributed by atoms with Crippen LogP contribution in [0.2, 0.25) is 0 Å². The Balaban J connectivity index is 0.00000208. The molecule has 0 bridgehead atoms. The van der Waals surface area contributed by atoms with E-state index in [9.17, 15) is 9.59 Å². The van der Waals surface area contributed by atoms with Crippen LogP contribution in [-0.2, 0) is 4.79 Å². The average molecular weight is 353 g/mol. The molecule has 132 valence electrons. The third-order valence-corrected chi connectivity index (χ3v) is 4.94. The second-order valence-corrected chi connectivity index (χ2v) is 6.52. The quantitative estimate of drug-likeness (QED) is 0.884. The summed E-state index contributed by atoms with van der Waals surface area (Å²) < 4.78 is 1.84. The highest BCUT2D eigenvalue weighted by Crippen LogP contribution is 2.25. The summed E-state index contributed by atoms with van der Waals surface area (Å²) in [5.41, 5.74) is 7.56. The number of H-pyrrole nitrogens is 1. The first-order valence-electron chi connectivity index (χ1n) is 8.22. The van der Waals surface area contributed by atoms with Crippen LogP contribution in [-0.4, -0.2) is 39.5 Å². The van der Waals surface area contributed by atoms with E-state index in [0.29, 0.717) is 13.1 Å². The molecule has 0 aliphatic carbocycles. The minimum Gasteiger partial charge on any atom is -0.342 e. The van der Waals surface area contributed by atoms with Crippen molar-refractivity contribution in [1.29, 1.82) is 0 Å². The first kappa shape index (κ1) is 18.5. The fourth-order valence-electron chi connectivity index (χ4n) is 3.29. The van der Waals surface area contributed by atoms with Gasteiger partial charge in [0.15, 0.2) is 0 Å². The van der Waals surface area contributed by atoms with Crippen LogP contribution in [0.15, 0.2) is 29.1 Å². The first-order chi connectivity index (χ1) is 11.0. The summed E-state index contributed by atoms with van der Waals surface area (Å²) in [4.78, 5) is 29.4. The molecule has 1 amide bonds. The van der Waals surface area contributed by atoms with Gasteiger partial charge in [-0.3, -0.25) is 9.36 Å². The largest absolute Gasteiger partial charge is 0.342 e. The molecular weight excluding hydrogens is 328 g/mol. The van der Waals surface area contributed by atoms with Crippen molar-refractivity contribution in [3.8, 4) is 0 Å². The predicted octanol–water partition coefficient (Wildman–Crippen LogP) is 1.90. The Morgan fingerprint density at radius 3 is 2.50 bits per heavy atom. The normalized spacial score (nSPS) is 18.2. The number of para-hydroxylation sites is 2. The molecule has 1 aromatic carbocycles. The lowest BCUT2D eigenvalue weighted by atomic mass is 9.99. The molecule has 3 rings (SSSR count). The Labute approximate surface area is 147 Å². The molecule has 2 atom stereocenters. The molecule has 0 spiro atoms. The lowest BCUT2D eigenvalue weighted by Crippen LogP contribution is -2.46. The van der Waals surface area contributed by atoms with E-state index in [1.54, 1.807) is 0 Å². The van der Waals surface area contributed by atoms with Gasteiger partial charge in [0.2, 0.25) is 5.91 Å². The number of carbonyl (C=O) groups excluding carboxylic acids is 1. The highest BCUT2D eigenvalue weighted by Gasteiger charge is 2.29. The van der Waals surface area contributed by atoms with Gasteiger partial charge in [-0.25, -0.2) is 4.79 Å². The minimum absolute atomic E-state index is 0. The number of halogens is 1. The smallest absolute Gasteiger partial charge is 0.326 e. The van der Waals surface area contributed by atoms with E-state index in [2.05, 4.69) is 4.98 Å². The van der Waals surface area contributed by atoms with Gasteiger partial charge >= 0.3 is 5.69 Å². The Bertz CT molecular complexity index is 759. The van der Waals surface area contributed by atoms with Gasteiger partial charge in [0, 0.05) is 25.2 Å². The van der Waals surface area contributed by atoms with E-state index >= 15 is 0 Å². The number of piperidine rings is 1. The van der Waals surface area contributed by atoms with E-state index in [1.165, 1.54) is 0 Å². The lowest BCUT2D eigenvalue weighted by molar-refractivity contribution is -0.136.